The topological polar surface area (TPSA) is 89.9 Å². The van der Waals surface area contributed by atoms with Crippen LogP contribution in [-0.4, -0.2) is 51.8 Å². The smallest absolute Gasteiger partial charge is 0.407 e. The minimum atomic E-state index is -1.01. The molecule has 1 aliphatic heterocycles. The first kappa shape index (κ1) is 18.5. The van der Waals surface area contributed by atoms with Crippen molar-refractivity contribution in [2.24, 2.45) is 11.8 Å². The van der Waals surface area contributed by atoms with Crippen LogP contribution >= 0.6 is 0 Å². The lowest BCUT2D eigenvalue weighted by atomic mass is 9.85. The molecule has 0 unspecified atom stereocenters. The molecular weight excluding hydrogens is 284 g/mol. The Kier molecular flexibility index (Phi) is 6.87. The van der Waals surface area contributed by atoms with E-state index in [1.54, 1.807) is 0 Å². The lowest BCUT2D eigenvalue weighted by Gasteiger charge is -2.37. The van der Waals surface area contributed by atoms with Crippen molar-refractivity contribution in [1.82, 2.24) is 10.2 Å². The Morgan fingerprint density at radius 3 is 2.55 bits per heavy atom. The molecule has 2 amide bonds. The highest BCUT2D eigenvalue weighted by atomic mass is 16.4. The van der Waals surface area contributed by atoms with Crippen LogP contribution in [0.5, 0.6) is 0 Å². The molecule has 0 saturated carbocycles. The first-order valence-corrected chi connectivity index (χ1v) is 7.91. The maximum absolute atomic E-state index is 11.6. The van der Waals surface area contributed by atoms with E-state index in [9.17, 15) is 19.8 Å². The molecule has 1 aliphatic rings. The number of amides is 2. The molecule has 6 nitrogen and oxygen atoms in total. The van der Waals surface area contributed by atoms with E-state index in [4.69, 9.17) is 0 Å². The second-order valence-corrected chi connectivity index (χ2v) is 6.05. The van der Waals surface area contributed by atoms with E-state index in [2.05, 4.69) is 5.32 Å². The fraction of sp³-hybridized carbons (Fsp3) is 0.750. The molecule has 22 heavy (non-hydrogen) atoms. The molecule has 126 valence electrons. The second kappa shape index (κ2) is 8.17. The summed E-state index contributed by atoms with van der Waals surface area (Å²) in [5.41, 5.74) is 0. The number of carbonyl (C=O) groups is 2. The number of likely N-dealkylation sites (tertiary alicyclic amines) is 1. The minimum absolute atomic E-state index is 0.00310. The third-order valence-corrected chi connectivity index (χ3v) is 4.52. The molecule has 0 aromatic rings. The van der Waals surface area contributed by atoms with Crippen LogP contribution < -0.4 is 5.32 Å². The summed E-state index contributed by atoms with van der Waals surface area (Å²) in [4.78, 5) is 24.4. The highest BCUT2D eigenvalue weighted by molar-refractivity contribution is 5.73. The SMILES string of the molecule is C/C=C\[C@@H]1CCN(C(=O)O)[C@H]1[C@@H](NC(C)=O)[C@@H](O)[C@@H](C)CC. The quantitative estimate of drug-likeness (QED) is 0.653. The van der Waals surface area contributed by atoms with E-state index in [1.807, 2.05) is 32.9 Å². The molecule has 0 spiro atoms. The van der Waals surface area contributed by atoms with E-state index >= 15 is 0 Å². The number of carbonyl (C=O) groups excluding carboxylic acids is 1. The largest absolute Gasteiger partial charge is 0.465 e. The first-order chi connectivity index (χ1) is 10.3. The van der Waals surface area contributed by atoms with Crippen molar-refractivity contribution in [2.45, 2.75) is 58.7 Å². The monoisotopic (exact) mass is 312 g/mol. The van der Waals surface area contributed by atoms with Gasteiger partial charge in [-0.25, -0.2) is 4.79 Å². The van der Waals surface area contributed by atoms with Crippen LogP contribution in [-0.2, 0) is 4.79 Å². The number of rotatable bonds is 6. The fourth-order valence-corrected chi connectivity index (χ4v) is 3.18. The number of hydrogen-bond acceptors (Lipinski definition) is 3. The first-order valence-electron chi connectivity index (χ1n) is 7.91. The van der Waals surface area contributed by atoms with Crippen LogP contribution in [0.15, 0.2) is 12.2 Å². The Balaban J connectivity index is 3.15. The Morgan fingerprint density at radius 1 is 1.45 bits per heavy atom. The second-order valence-electron chi connectivity index (χ2n) is 6.05. The highest BCUT2D eigenvalue weighted by Gasteiger charge is 2.44. The number of nitrogens with zero attached hydrogens (tertiary/aromatic N) is 1. The normalized spacial score (nSPS) is 26.0. The molecular formula is C16H28N2O4. The lowest BCUT2D eigenvalue weighted by molar-refractivity contribution is -0.121. The van der Waals surface area contributed by atoms with E-state index in [0.717, 1.165) is 6.42 Å². The van der Waals surface area contributed by atoms with E-state index < -0.39 is 24.3 Å². The Bertz CT molecular complexity index is 424. The average molecular weight is 312 g/mol. The Hall–Kier alpha value is -1.56. The summed E-state index contributed by atoms with van der Waals surface area (Å²) in [7, 11) is 0. The third-order valence-electron chi connectivity index (χ3n) is 4.52. The molecule has 0 radical (unpaired) electrons. The zero-order valence-electron chi connectivity index (χ0n) is 13.8. The molecule has 1 fully saturated rings. The molecule has 0 aromatic heterocycles. The van der Waals surface area contributed by atoms with Crippen molar-refractivity contribution in [2.75, 3.05) is 6.54 Å². The van der Waals surface area contributed by atoms with Crippen LogP contribution in [0.3, 0.4) is 0 Å². The summed E-state index contributed by atoms with van der Waals surface area (Å²) < 4.78 is 0. The zero-order valence-corrected chi connectivity index (χ0v) is 13.8. The van der Waals surface area contributed by atoms with Gasteiger partial charge in [0.05, 0.1) is 18.2 Å². The minimum Gasteiger partial charge on any atom is -0.465 e. The summed E-state index contributed by atoms with van der Waals surface area (Å²) >= 11 is 0. The van der Waals surface area contributed by atoms with Gasteiger partial charge in [0, 0.05) is 19.4 Å². The summed E-state index contributed by atoms with van der Waals surface area (Å²) in [6.45, 7) is 7.56. The van der Waals surface area contributed by atoms with Gasteiger partial charge in [0.15, 0.2) is 0 Å². The molecule has 1 heterocycles. The molecule has 0 aliphatic carbocycles. The van der Waals surface area contributed by atoms with Gasteiger partial charge in [0.2, 0.25) is 5.91 Å². The number of aliphatic hydroxyl groups is 1. The van der Waals surface area contributed by atoms with E-state index in [1.165, 1.54) is 11.8 Å². The van der Waals surface area contributed by atoms with Crippen molar-refractivity contribution in [1.29, 1.82) is 0 Å². The van der Waals surface area contributed by atoms with Crippen molar-refractivity contribution in [3.8, 4) is 0 Å². The molecule has 3 N–H and O–H groups in total. The van der Waals surface area contributed by atoms with Gasteiger partial charge in [-0.1, -0.05) is 32.4 Å². The van der Waals surface area contributed by atoms with Crippen LogP contribution in [0.2, 0.25) is 0 Å². The number of aliphatic hydroxyl groups excluding tert-OH is 1. The summed E-state index contributed by atoms with van der Waals surface area (Å²) in [6.07, 6.45) is 3.51. The number of hydrogen-bond donors (Lipinski definition) is 3. The molecule has 1 saturated heterocycles. The average Bonchev–Trinajstić information content (AvgIpc) is 2.87. The molecule has 6 heteroatoms. The van der Waals surface area contributed by atoms with Gasteiger partial charge >= 0.3 is 6.09 Å². The zero-order chi connectivity index (χ0) is 16.9. The molecule has 5 atom stereocenters. The van der Waals surface area contributed by atoms with Crippen LogP contribution in [0.4, 0.5) is 4.79 Å². The number of carboxylic acid groups (broad SMARTS) is 1. The lowest BCUT2D eigenvalue weighted by Crippen LogP contribution is -2.58. The van der Waals surface area contributed by atoms with Gasteiger partial charge in [-0.2, -0.15) is 0 Å². The standard InChI is InChI=1S/C16H28N2O4/c1-5-7-12-8-9-18(16(21)22)14(12)13(17-11(4)19)15(20)10(3)6-2/h5,7,10,12-15,20H,6,8-9H2,1-4H3,(H,17,19)(H,21,22)/b7-5-/t10-,12+,13+,14+,15-/m0/s1. The highest BCUT2D eigenvalue weighted by Crippen LogP contribution is 2.31. The van der Waals surface area contributed by atoms with Crippen LogP contribution in [0.1, 0.15) is 40.5 Å². The number of allylic oxidation sites excluding steroid dienone is 1. The number of nitrogens with one attached hydrogen (secondary N) is 1. The predicted octanol–water partition coefficient (Wildman–Crippen LogP) is 1.84. The van der Waals surface area contributed by atoms with Crippen LogP contribution in [0, 0.1) is 11.8 Å². The van der Waals surface area contributed by atoms with Gasteiger partial charge in [-0.3, -0.25) is 4.79 Å². The Labute approximate surface area is 132 Å². The summed E-state index contributed by atoms with van der Waals surface area (Å²) in [5.74, 6) is -0.292. The third kappa shape index (κ3) is 4.22. The van der Waals surface area contributed by atoms with Crippen molar-refractivity contribution >= 4 is 12.0 Å². The van der Waals surface area contributed by atoms with Crippen molar-refractivity contribution < 1.29 is 19.8 Å². The molecule has 0 aromatic carbocycles. The Morgan fingerprint density at radius 2 is 2.09 bits per heavy atom. The predicted molar refractivity (Wildman–Crippen MR) is 84.5 cm³/mol. The summed E-state index contributed by atoms with van der Waals surface area (Å²) in [6, 6.07) is -1.05. The van der Waals surface area contributed by atoms with Gasteiger partial charge in [0.1, 0.15) is 0 Å². The van der Waals surface area contributed by atoms with Gasteiger partial charge in [-0.15, -0.1) is 0 Å². The van der Waals surface area contributed by atoms with Crippen molar-refractivity contribution in [3.63, 3.8) is 0 Å². The van der Waals surface area contributed by atoms with Gasteiger partial charge in [0.25, 0.3) is 0 Å². The van der Waals surface area contributed by atoms with Gasteiger partial charge in [-0.05, 0) is 19.3 Å². The molecule has 1 rings (SSSR count). The van der Waals surface area contributed by atoms with E-state index in [-0.39, 0.29) is 17.7 Å². The maximum Gasteiger partial charge on any atom is 0.407 e. The fourth-order valence-electron chi connectivity index (χ4n) is 3.18. The molecule has 0 bridgehead atoms. The summed E-state index contributed by atoms with van der Waals surface area (Å²) in [5, 5.41) is 22.8. The van der Waals surface area contributed by atoms with Crippen molar-refractivity contribution in [3.05, 3.63) is 12.2 Å². The van der Waals surface area contributed by atoms with E-state index in [0.29, 0.717) is 13.0 Å². The maximum atomic E-state index is 11.6. The van der Waals surface area contributed by atoms with Crippen LogP contribution in [0.25, 0.3) is 0 Å². The van der Waals surface area contributed by atoms with Gasteiger partial charge < -0.3 is 20.4 Å².